The lowest BCUT2D eigenvalue weighted by Gasteiger charge is -2.06. The van der Waals surface area contributed by atoms with Crippen molar-refractivity contribution < 1.29 is 4.79 Å². The van der Waals surface area contributed by atoms with Crippen LogP contribution >= 0.6 is 22.9 Å². The number of thiazole rings is 1. The molecule has 0 unspecified atom stereocenters. The van der Waals surface area contributed by atoms with Gasteiger partial charge in [-0.25, -0.2) is 9.97 Å². The molecule has 0 saturated carbocycles. The molecule has 0 radical (unpaired) electrons. The van der Waals surface area contributed by atoms with E-state index < -0.39 is 0 Å². The second-order valence-corrected chi connectivity index (χ2v) is 7.77. The maximum absolute atomic E-state index is 12.7. The van der Waals surface area contributed by atoms with E-state index in [2.05, 4.69) is 25.5 Å². The van der Waals surface area contributed by atoms with Crippen LogP contribution in [0.2, 0.25) is 5.02 Å². The highest BCUT2D eigenvalue weighted by atomic mass is 35.5. The molecular formula is C18H18ClN7OS. The Morgan fingerprint density at radius 2 is 2.07 bits per heavy atom. The van der Waals surface area contributed by atoms with Gasteiger partial charge in [0, 0.05) is 37.3 Å². The highest BCUT2D eigenvalue weighted by Gasteiger charge is 2.19. The average Bonchev–Trinajstić information content (AvgIpc) is 3.34. The van der Waals surface area contributed by atoms with Crippen molar-refractivity contribution in [3.8, 4) is 0 Å². The number of rotatable bonds is 5. The first-order valence-electron chi connectivity index (χ1n) is 8.64. The molecule has 1 N–H and O–H groups in total. The van der Waals surface area contributed by atoms with E-state index in [1.807, 2.05) is 19.4 Å². The molecule has 0 aromatic carbocycles. The largest absolute Gasteiger partial charge is 0.319 e. The number of pyridine rings is 1. The van der Waals surface area contributed by atoms with E-state index in [1.54, 1.807) is 40.1 Å². The quantitative estimate of drug-likeness (QED) is 0.539. The highest BCUT2D eigenvalue weighted by Crippen LogP contribution is 2.28. The minimum atomic E-state index is -0.333. The summed E-state index contributed by atoms with van der Waals surface area (Å²) in [6, 6.07) is 0. The number of nitrogens with one attached hydrogen (secondary N) is 1. The SMILES string of the molecule is Cc1ncsc1CCn1cc(NC(=O)c2cnc3c(c(C)nn3C)c2Cl)cn1. The summed E-state index contributed by atoms with van der Waals surface area (Å²) in [7, 11) is 1.79. The van der Waals surface area contributed by atoms with Crippen LogP contribution in [0.25, 0.3) is 11.0 Å². The number of fused-ring (bicyclic) bond motifs is 1. The topological polar surface area (TPSA) is 90.5 Å². The van der Waals surface area contributed by atoms with E-state index in [0.717, 1.165) is 17.8 Å². The van der Waals surface area contributed by atoms with Gasteiger partial charge in [0.1, 0.15) is 0 Å². The standard InChI is InChI=1S/C18H18ClN7OS/c1-10-14(28-9-21-10)4-5-26-8-12(6-22-26)23-18(27)13-7-20-17-15(16(13)19)11(2)24-25(17)3/h6-9H,4-5H2,1-3H3,(H,23,27). The number of carbonyl (C=O) groups excluding carboxylic acids is 1. The number of anilines is 1. The highest BCUT2D eigenvalue weighted by molar-refractivity contribution is 7.09. The Balaban J connectivity index is 1.49. The zero-order chi connectivity index (χ0) is 19.8. The molecule has 4 aromatic heterocycles. The molecule has 144 valence electrons. The van der Waals surface area contributed by atoms with Crippen LogP contribution < -0.4 is 5.32 Å². The van der Waals surface area contributed by atoms with Crippen LogP contribution in [0.4, 0.5) is 5.69 Å². The predicted molar refractivity (Wildman–Crippen MR) is 109 cm³/mol. The number of halogens is 1. The predicted octanol–water partition coefficient (Wildman–Crippen LogP) is 3.39. The van der Waals surface area contributed by atoms with E-state index >= 15 is 0 Å². The van der Waals surface area contributed by atoms with E-state index in [-0.39, 0.29) is 5.91 Å². The fourth-order valence-corrected chi connectivity index (χ4v) is 4.18. The monoisotopic (exact) mass is 415 g/mol. The molecule has 0 aliphatic rings. The third kappa shape index (κ3) is 3.38. The number of aromatic nitrogens is 6. The third-order valence-corrected chi connectivity index (χ3v) is 5.90. The molecule has 0 atom stereocenters. The lowest BCUT2D eigenvalue weighted by molar-refractivity contribution is 0.102. The number of carbonyl (C=O) groups is 1. The summed E-state index contributed by atoms with van der Waals surface area (Å²) in [4.78, 5) is 22.5. The first-order chi connectivity index (χ1) is 13.4. The van der Waals surface area contributed by atoms with Crippen molar-refractivity contribution in [2.24, 2.45) is 7.05 Å². The number of aryl methyl sites for hydroxylation is 5. The number of amides is 1. The first-order valence-corrected chi connectivity index (χ1v) is 9.90. The molecule has 4 aromatic rings. The fraction of sp³-hybridized carbons (Fsp3) is 0.278. The van der Waals surface area contributed by atoms with Crippen LogP contribution in [0.3, 0.4) is 0 Å². The van der Waals surface area contributed by atoms with Gasteiger partial charge >= 0.3 is 0 Å². The van der Waals surface area contributed by atoms with Gasteiger partial charge in [-0.1, -0.05) is 11.6 Å². The van der Waals surface area contributed by atoms with Gasteiger partial charge in [0.05, 0.1) is 44.8 Å². The van der Waals surface area contributed by atoms with Gasteiger partial charge in [-0.3, -0.25) is 14.2 Å². The Hall–Kier alpha value is -2.78. The van der Waals surface area contributed by atoms with E-state index in [1.165, 1.54) is 11.1 Å². The molecule has 4 rings (SSSR count). The van der Waals surface area contributed by atoms with Crippen molar-refractivity contribution >= 4 is 45.6 Å². The Morgan fingerprint density at radius 1 is 1.25 bits per heavy atom. The Kier molecular flexibility index (Phi) is 4.86. The van der Waals surface area contributed by atoms with Gasteiger partial charge in [0.2, 0.25) is 0 Å². The number of hydrogen-bond acceptors (Lipinski definition) is 6. The first kappa shape index (κ1) is 18.6. The van der Waals surface area contributed by atoms with Crippen molar-refractivity contribution in [1.82, 2.24) is 29.5 Å². The molecule has 10 heteroatoms. The summed E-state index contributed by atoms with van der Waals surface area (Å²) in [6.45, 7) is 4.55. The van der Waals surface area contributed by atoms with Gasteiger partial charge in [-0.05, 0) is 13.8 Å². The zero-order valence-corrected chi connectivity index (χ0v) is 17.2. The summed E-state index contributed by atoms with van der Waals surface area (Å²) >= 11 is 8.11. The van der Waals surface area contributed by atoms with E-state index in [0.29, 0.717) is 33.9 Å². The van der Waals surface area contributed by atoms with Gasteiger partial charge in [-0.2, -0.15) is 10.2 Å². The molecule has 0 aliphatic heterocycles. The Morgan fingerprint density at radius 3 is 2.82 bits per heavy atom. The summed E-state index contributed by atoms with van der Waals surface area (Å²) in [5.74, 6) is -0.333. The van der Waals surface area contributed by atoms with Crippen LogP contribution in [0, 0.1) is 13.8 Å². The van der Waals surface area contributed by atoms with Crippen molar-refractivity contribution in [1.29, 1.82) is 0 Å². The molecule has 0 saturated heterocycles. The molecule has 28 heavy (non-hydrogen) atoms. The maximum Gasteiger partial charge on any atom is 0.258 e. The number of hydrogen-bond donors (Lipinski definition) is 1. The van der Waals surface area contributed by atoms with Crippen LogP contribution in [-0.4, -0.2) is 35.4 Å². The lowest BCUT2D eigenvalue weighted by Crippen LogP contribution is -2.13. The smallest absolute Gasteiger partial charge is 0.258 e. The van der Waals surface area contributed by atoms with E-state index in [4.69, 9.17) is 11.6 Å². The van der Waals surface area contributed by atoms with Crippen LogP contribution in [0.5, 0.6) is 0 Å². The third-order valence-electron chi connectivity index (χ3n) is 4.51. The molecule has 0 bridgehead atoms. The van der Waals surface area contributed by atoms with Crippen LogP contribution in [-0.2, 0) is 20.0 Å². The van der Waals surface area contributed by atoms with Crippen molar-refractivity contribution in [2.45, 2.75) is 26.8 Å². The van der Waals surface area contributed by atoms with Crippen LogP contribution in [0.1, 0.15) is 26.6 Å². The normalized spacial score (nSPS) is 11.3. The van der Waals surface area contributed by atoms with Gasteiger partial charge in [0.25, 0.3) is 5.91 Å². The van der Waals surface area contributed by atoms with Crippen LogP contribution in [0.15, 0.2) is 24.1 Å². The molecule has 0 fully saturated rings. The van der Waals surface area contributed by atoms with Crippen molar-refractivity contribution in [3.63, 3.8) is 0 Å². The molecule has 0 spiro atoms. The average molecular weight is 416 g/mol. The number of nitrogens with zero attached hydrogens (tertiary/aromatic N) is 6. The molecule has 1 amide bonds. The Bertz CT molecular complexity index is 1180. The molecular weight excluding hydrogens is 398 g/mol. The Labute approximate surface area is 170 Å². The zero-order valence-electron chi connectivity index (χ0n) is 15.6. The second kappa shape index (κ2) is 7.33. The van der Waals surface area contributed by atoms with Gasteiger partial charge < -0.3 is 5.32 Å². The minimum Gasteiger partial charge on any atom is -0.319 e. The summed E-state index contributed by atoms with van der Waals surface area (Å²) in [5.41, 5.74) is 5.18. The van der Waals surface area contributed by atoms with Crippen molar-refractivity contribution in [3.05, 3.63) is 51.0 Å². The van der Waals surface area contributed by atoms with Gasteiger partial charge in [-0.15, -0.1) is 11.3 Å². The van der Waals surface area contributed by atoms with E-state index in [9.17, 15) is 4.79 Å². The van der Waals surface area contributed by atoms with Crippen molar-refractivity contribution in [2.75, 3.05) is 5.32 Å². The molecule has 4 heterocycles. The lowest BCUT2D eigenvalue weighted by atomic mass is 10.2. The van der Waals surface area contributed by atoms with Gasteiger partial charge in [0.15, 0.2) is 5.65 Å². The minimum absolute atomic E-state index is 0.304. The summed E-state index contributed by atoms with van der Waals surface area (Å²) < 4.78 is 3.44. The second-order valence-electron chi connectivity index (χ2n) is 6.45. The molecule has 0 aliphatic carbocycles. The maximum atomic E-state index is 12.7. The summed E-state index contributed by atoms with van der Waals surface area (Å²) in [6.07, 6.45) is 5.73. The molecule has 8 nitrogen and oxygen atoms in total. The fourth-order valence-electron chi connectivity index (χ4n) is 3.06. The summed E-state index contributed by atoms with van der Waals surface area (Å²) in [5, 5.41) is 12.5.